The summed E-state index contributed by atoms with van der Waals surface area (Å²) in [5, 5.41) is 6.56. The molecule has 2 aromatic carbocycles. The molecule has 4 rings (SSSR count). The molecule has 164 valence electrons. The Hall–Kier alpha value is -3.31. The highest BCUT2D eigenvalue weighted by Crippen LogP contribution is 2.36. The predicted molar refractivity (Wildman–Crippen MR) is 115 cm³/mol. The fraction of sp³-hybridized carbons (Fsp3) is 0.100. The van der Waals surface area contributed by atoms with Gasteiger partial charge in [-0.05, 0) is 30.3 Å². The maximum absolute atomic E-state index is 13.0. The fourth-order valence-corrected chi connectivity index (χ4v) is 3.76. The van der Waals surface area contributed by atoms with Gasteiger partial charge >= 0.3 is 6.18 Å². The molecule has 0 saturated heterocycles. The van der Waals surface area contributed by atoms with E-state index < -0.39 is 28.2 Å². The van der Waals surface area contributed by atoms with Crippen LogP contribution in [0.25, 0.3) is 16.7 Å². The second-order valence-corrected chi connectivity index (χ2v) is 7.90. The van der Waals surface area contributed by atoms with Gasteiger partial charge in [0.2, 0.25) is 5.91 Å². The molecular weight excluding hydrogens is 467 g/mol. The highest BCUT2D eigenvalue weighted by molar-refractivity contribution is 7.99. The van der Waals surface area contributed by atoms with Crippen LogP contribution in [0.5, 0.6) is 0 Å². The summed E-state index contributed by atoms with van der Waals surface area (Å²) in [5.74, 6) is -0.775. The topological polar surface area (TPSA) is 92.7 Å². The summed E-state index contributed by atoms with van der Waals surface area (Å²) in [6.45, 7) is 0. The van der Waals surface area contributed by atoms with Crippen LogP contribution < -0.4 is 10.9 Å². The Morgan fingerprint density at radius 3 is 2.66 bits per heavy atom. The molecule has 0 fully saturated rings. The number of hydrogen-bond donors (Lipinski definition) is 2. The van der Waals surface area contributed by atoms with Crippen molar-refractivity contribution < 1.29 is 18.0 Å². The van der Waals surface area contributed by atoms with E-state index in [4.69, 9.17) is 11.6 Å². The standard InChI is InChI=1S/C20H13ClF3N5O2S/c21-15-7-6-11(8-14(15)20(22,23)24)26-16(30)10-32-19-27-17-13(18(31)28-19)9-25-29(17)12-4-2-1-3-5-12/h1-9H,10H2,(H,26,30)(H,27,28,31). The van der Waals surface area contributed by atoms with E-state index in [2.05, 4.69) is 20.4 Å². The first kappa shape index (κ1) is 21.9. The summed E-state index contributed by atoms with van der Waals surface area (Å²) in [6, 6.07) is 12.2. The normalized spacial score (nSPS) is 11.6. The van der Waals surface area contributed by atoms with Crippen molar-refractivity contribution in [3.05, 3.63) is 75.7 Å². The van der Waals surface area contributed by atoms with E-state index in [9.17, 15) is 22.8 Å². The number of H-pyrrole nitrogens is 1. The summed E-state index contributed by atoms with van der Waals surface area (Å²) in [6.07, 6.45) is -3.25. The van der Waals surface area contributed by atoms with E-state index in [0.29, 0.717) is 11.3 Å². The molecule has 7 nitrogen and oxygen atoms in total. The average molecular weight is 480 g/mol. The van der Waals surface area contributed by atoms with E-state index in [1.807, 2.05) is 18.2 Å². The number of nitrogens with zero attached hydrogens (tertiary/aromatic N) is 3. The van der Waals surface area contributed by atoms with Crippen LogP contribution in [0.15, 0.2) is 64.7 Å². The van der Waals surface area contributed by atoms with E-state index in [1.165, 1.54) is 16.9 Å². The first-order chi connectivity index (χ1) is 15.2. The summed E-state index contributed by atoms with van der Waals surface area (Å²) < 4.78 is 40.4. The van der Waals surface area contributed by atoms with Gasteiger partial charge in [-0.25, -0.2) is 9.67 Å². The van der Waals surface area contributed by atoms with Crippen molar-refractivity contribution in [3.63, 3.8) is 0 Å². The zero-order valence-corrected chi connectivity index (χ0v) is 17.6. The summed E-state index contributed by atoms with van der Waals surface area (Å²) in [4.78, 5) is 31.5. The van der Waals surface area contributed by atoms with Crippen molar-refractivity contribution in [2.75, 3.05) is 11.1 Å². The Kier molecular flexibility index (Phi) is 5.94. The first-order valence-electron chi connectivity index (χ1n) is 9.05. The Morgan fingerprint density at radius 2 is 1.94 bits per heavy atom. The van der Waals surface area contributed by atoms with E-state index in [-0.39, 0.29) is 22.0 Å². The lowest BCUT2D eigenvalue weighted by atomic mass is 10.2. The number of hydrogen-bond acceptors (Lipinski definition) is 5. The molecule has 12 heteroatoms. The van der Waals surface area contributed by atoms with Crippen LogP contribution in [0.4, 0.5) is 18.9 Å². The Labute approximate surface area is 187 Å². The molecule has 2 aromatic heterocycles. The van der Waals surface area contributed by atoms with Gasteiger partial charge in [0.05, 0.1) is 28.2 Å². The fourth-order valence-electron chi connectivity index (χ4n) is 2.88. The molecule has 1 amide bonds. The van der Waals surface area contributed by atoms with Crippen molar-refractivity contribution in [1.29, 1.82) is 0 Å². The number of aromatic nitrogens is 4. The van der Waals surface area contributed by atoms with Crippen molar-refractivity contribution in [2.24, 2.45) is 0 Å². The second-order valence-electron chi connectivity index (χ2n) is 6.53. The van der Waals surface area contributed by atoms with Crippen LogP contribution in [-0.2, 0) is 11.0 Å². The number of benzene rings is 2. The second kappa shape index (κ2) is 8.67. The SMILES string of the molecule is O=C(CSc1nc2c(cnn2-c2ccccc2)c(=O)[nH]1)Nc1ccc(Cl)c(C(F)(F)F)c1. The van der Waals surface area contributed by atoms with Crippen LogP contribution in [-0.4, -0.2) is 31.4 Å². The van der Waals surface area contributed by atoms with Gasteiger partial charge in [-0.2, -0.15) is 18.3 Å². The quantitative estimate of drug-likeness (QED) is 0.324. The minimum Gasteiger partial charge on any atom is -0.325 e. The van der Waals surface area contributed by atoms with Crippen LogP contribution >= 0.6 is 23.4 Å². The van der Waals surface area contributed by atoms with Gasteiger partial charge in [-0.1, -0.05) is 41.6 Å². The van der Waals surface area contributed by atoms with Crippen LogP contribution in [0.2, 0.25) is 5.02 Å². The lowest BCUT2D eigenvalue weighted by Crippen LogP contribution is -2.16. The van der Waals surface area contributed by atoms with Gasteiger partial charge in [0.15, 0.2) is 10.8 Å². The number of carbonyl (C=O) groups excluding carboxylic acids is 1. The Balaban J connectivity index is 1.51. The Bertz CT molecular complexity index is 1360. The number of anilines is 1. The minimum atomic E-state index is -4.65. The number of alkyl halides is 3. The molecule has 0 bridgehead atoms. The molecule has 0 spiro atoms. The van der Waals surface area contributed by atoms with E-state index >= 15 is 0 Å². The lowest BCUT2D eigenvalue weighted by molar-refractivity contribution is -0.137. The highest BCUT2D eigenvalue weighted by Gasteiger charge is 2.33. The monoisotopic (exact) mass is 479 g/mol. The maximum Gasteiger partial charge on any atom is 0.417 e. The summed E-state index contributed by atoms with van der Waals surface area (Å²) in [5.41, 5.74) is -0.498. The van der Waals surface area contributed by atoms with E-state index in [1.54, 1.807) is 12.1 Å². The number of nitrogens with one attached hydrogen (secondary N) is 2. The van der Waals surface area contributed by atoms with Gasteiger partial charge < -0.3 is 10.3 Å². The average Bonchev–Trinajstić information content (AvgIpc) is 3.18. The predicted octanol–water partition coefficient (Wildman–Crippen LogP) is 4.51. The van der Waals surface area contributed by atoms with Crippen LogP contribution in [0.1, 0.15) is 5.56 Å². The molecule has 0 aliphatic rings. The molecule has 4 aromatic rings. The molecule has 0 atom stereocenters. The van der Waals surface area contributed by atoms with Gasteiger partial charge in [-0.15, -0.1) is 0 Å². The van der Waals surface area contributed by atoms with Crippen molar-refractivity contribution in [2.45, 2.75) is 11.3 Å². The van der Waals surface area contributed by atoms with Gasteiger partial charge in [-0.3, -0.25) is 9.59 Å². The zero-order valence-electron chi connectivity index (χ0n) is 16.0. The Morgan fingerprint density at radius 1 is 1.19 bits per heavy atom. The summed E-state index contributed by atoms with van der Waals surface area (Å²) >= 11 is 6.51. The molecule has 0 aliphatic carbocycles. The molecule has 0 radical (unpaired) electrons. The first-order valence-corrected chi connectivity index (χ1v) is 10.4. The molecule has 0 saturated carbocycles. The van der Waals surface area contributed by atoms with Crippen LogP contribution in [0, 0.1) is 0 Å². The number of rotatable bonds is 5. The lowest BCUT2D eigenvalue weighted by Gasteiger charge is -2.11. The number of fused-ring (bicyclic) bond motifs is 1. The van der Waals surface area contributed by atoms with Gasteiger partial charge in [0.1, 0.15) is 5.39 Å². The number of para-hydroxylation sites is 1. The van der Waals surface area contributed by atoms with Crippen molar-refractivity contribution >= 4 is 46.0 Å². The van der Waals surface area contributed by atoms with Gasteiger partial charge in [0.25, 0.3) is 5.56 Å². The number of aromatic amines is 1. The summed E-state index contributed by atoms with van der Waals surface area (Å²) in [7, 11) is 0. The third-order valence-electron chi connectivity index (χ3n) is 4.31. The zero-order chi connectivity index (χ0) is 22.9. The van der Waals surface area contributed by atoms with Crippen molar-refractivity contribution in [3.8, 4) is 5.69 Å². The number of halogens is 4. The molecule has 2 N–H and O–H groups in total. The van der Waals surface area contributed by atoms with Crippen molar-refractivity contribution in [1.82, 2.24) is 19.7 Å². The third kappa shape index (κ3) is 4.63. The largest absolute Gasteiger partial charge is 0.417 e. The highest BCUT2D eigenvalue weighted by atomic mass is 35.5. The smallest absolute Gasteiger partial charge is 0.325 e. The van der Waals surface area contributed by atoms with Crippen LogP contribution in [0.3, 0.4) is 0 Å². The minimum absolute atomic E-state index is 0.0496. The van der Waals surface area contributed by atoms with E-state index in [0.717, 1.165) is 23.9 Å². The molecular formula is C20H13ClF3N5O2S. The molecule has 32 heavy (non-hydrogen) atoms. The maximum atomic E-state index is 13.0. The number of carbonyl (C=O) groups is 1. The number of thioether (sulfide) groups is 1. The molecule has 0 aliphatic heterocycles. The number of amides is 1. The van der Waals surface area contributed by atoms with Gasteiger partial charge in [0, 0.05) is 5.69 Å². The molecule has 0 unspecified atom stereocenters. The molecule has 2 heterocycles. The third-order valence-corrected chi connectivity index (χ3v) is 5.52.